The lowest BCUT2D eigenvalue weighted by Crippen LogP contribution is -2.38. The van der Waals surface area contributed by atoms with Crippen molar-refractivity contribution in [1.82, 2.24) is 4.90 Å². The molecule has 0 saturated carbocycles. The minimum atomic E-state index is -0.314. The van der Waals surface area contributed by atoms with E-state index in [0.717, 1.165) is 17.7 Å². The zero-order chi connectivity index (χ0) is 13.4. The van der Waals surface area contributed by atoms with Gasteiger partial charge in [-0.1, -0.05) is 19.1 Å². The van der Waals surface area contributed by atoms with E-state index < -0.39 is 0 Å². The molecule has 0 saturated heterocycles. The zero-order valence-electron chi connectivity index (χ0n) is 10.6. The lowest BCUT2D eigenvalue weighted by molar-refractivity contribution is 0.167. The van der Waals surface area contributed by atoms with Crippen LogP contribution in [0.15, 0.2) is 24.3 Å². The SMILES string of the molecule is CCc1cccc(NC(=O)N(CCO)CCO)c1. The number of aryl methyl sites for hydroxylation is 1. The highest BCUT2D eigenvalue weighted by Crippen LogP contribution is 2.11. The molecule has 100 valence electrons. The molecule has 5 nitrogen and oxygen atoms in total. The van der Waals surface area contributed by atoms with Gasteiger partial charge in [0, 0.05) is 18.8 Å². The van der Waals surface area contributed by atoms with Gasteiger partial charge in [0.15, 0.2) is 0 Å². The number of hydrogen-bond acceptors (Lipinski definition) is 3. The van der Waals surface area contributed by atoms with E-state index in [9.17, 15) is 4.79 Å². The Labute approximate surface area is 107 Å². The number of urea groups is 1. The predicted molar refractivity (Wildman–Crippen MR) is 70.6 cm³/mol. The number of rotatable bonds is 6. The van der Waals surface area contributed by atoms with Crippen molar-refractivity contribution in [3.8, 4) is 0 Å². The molecule has 0 heterocycles. The quantitative estimate of drug-likeness (QED) is 0.709. The third-order valence-corrected chi connectivity index (χ3v) is 2.61. The van der Waals surface area contributed by atoms with Crippen molar-refractivity contribution in [3.05, 3.63) is 29.8 Å². The second-order valence-corrected chi connectivity index (χ2v) is 3.92. The van der Waals surface area contributed by atoms with E-state index in [1.807, 2.05) is 31.2 Å². The van der Waals surface area contributed by atoms with Crippen molar-refractivity contribution >= 4 is 11.7 Å². The first kappa shape index (κ1) is 14.5. The number of hydrogen-bond donors (Lipinski definition) is 3. The Morgan fingerprint density at radius 2 is 1.94 bits per heavy atom. The number of aliphatic hydroxyl groups excluding tert-OH is 2. The summed E-state index contributed by atoms with van der Waals surface area (Å²) in [5.41, 5.74) is 1.86. The normalized spacial score (nSPS) is 10.2. The van der Waals surface area contributed by atoms with E-state index in [2.05, 4.69) is 5.32 Å². The molecule has 18 heavy (non-hydrogen) atoms. The summed E-state index contributed by atoms with van der Waals surface area (Å²) in [4.78, 5) is 13.3. The number of carbonyl (C=O) groups is 1. The third-order valence-electron chi connectivity index (χ3n) is 2.61. The average Bonchev–Trinajstić information content (AvgIpc) is 2.38. The van der Waals surface area contributed by atoms with Gasteiger partial charge in [-0.2, -0.15) is 0 Å². The van der Waals surface area contributed by atoms with Crippen molar-refractivity contribution in [2.45, 2.75) is 13.3 Å². The highest BCUT2D eigenvalue weighted by molar-refractivity contribution is 5.89. The fourth-order valence-corrected chi connectivity index (χ4v) is 1.63. The van der Waals surface area contributed by atoms with Gasteiger partial charge in [-0.25, -0.2) is 4.79 Å². The molecule has 1 aromatic carbocycles. The first-order chi connectivity index (χ1) is 8.71. The zero-order valence-corrected chi connectivity index (χ0v) is 10.6. The Bertz CT molecular complexity index is 376. The molecule has 0 spiro atoms. The van der Waals surface area contributed by atoms with Crippen molar-refractivity contribution in [2.75, 3.05) is 31.6 Å². The van der Waals surface area contributed by atoms with Gasteiger partial charge >= 0.3 is 6.03 Å². The molecule has 0 aromatic heterocycles. The fourth-order valence-electron chi connectivity index (χ4n) is 1.63. The van der Waals surface area contributed by atoms with E-state index >= 15 is 0 Å². The van der Waals surface area contributed by atoms with Gasteiger partial charge in [-0.15, -0.1) is 0 Å². The second-order valence-electron chi connectivity index (χ2n) is 3.92. The van der Waals surface area contributed by atoms with E-state index in [0.29, 0.717) is 0 Å². The Morgan fingerprint density at radius 1 is 1.28 bits per heavy atom. The van der Waals surface area contributed by atoms with E-state index in [1.165, 1.54) is 4.90 Å². The van der Waals surface area contributed by atoms with Gasteiger partial charge in [-0.3, -0.25) is 0 Å². The Hall–Kier alpha value is -1.59. The Kier molecular flexibility index (Phi) is 6.18. The molecule has 0 bridgehead atoms. The Morgan fingerprint density at radius 3 is 2.50 bits per heavy atom. The molecule has 0 unspecified atom stereocenters. The molecule has 1 aromatic rings. The summed E-state index contributed by atoms with van der Waals surface area (Å²) in [5.74, 6) is 0. The largest absolute Gasteiger partial charge is 0.395 e. The Balaban J connectivity index is 2.66. The molecule has 3 N–H and O–H groups in total. The van der Waals surface area contributed by atoms with Gasteiger partial charge in [0.1, 0.15) is 0 Å². The van der Waals surface area contributed by atoms with Crippen molar-refractivity contribution < 1.29 is 15.0 Å². The van der Waals surface area contributed by atoms with Crippen LogP contribution in [0.2, 0.25) is 0 Å². The van der Waals surface area contributed by atoms with Crippen molar-refractivity contribution in [3.63, 3.8) is 0 Å². The molecule has 0 fully saturated rings. The lowest BCUT2D eigenvalue weighted by Gasteiger charge is -2.21. The number of benzene rings is 1. The first-order valence-corrected chi connectivity index (χ1v) is 6.07. The van der Waals surface area contributed by atoms with Crippen LogP contribution in [0.4, 0.5) is 10.5 Å². The topological polar surface area (TPSA) is 72.8 Å². The minimum Gasteiger partial charge on any atom is -0.395 e. The van der Waals surface area contributed by atoms with Crippen LogP contribution in [0.3, 0.4) is 0 Å². The van der Waals surface area contributed by atoms with E-state index in [4.69, 9.17) is 10.2 Å². The van der Waals surface area contributed by atoms with Crippen LogP contribution in [0, 0.1) is 0 Å². The number of anilines is 1. The number of nitrogens with zero attached hydrogens (tertiary/aromatic N) is 1. The molecular weight excluding hydrogens is 232 g/mol. The molecule has 0 atom stereocenters. The van der Waals surface area contributed by atoms with Crippen LogP contribution in [-0.4, -0.2) is 47.4 Å². The monoisotopic (exact) mass is 252 g/mol. The summed E-state index contributed by atoms with van der Waals surface area (Å²) in [6, 6.07) is 7.29. The van der Waals surface area contributed by atoms with Gasteiger partial charge < -0.3 is 20.4 Å². The first-order valence-electron chi connectivity index (χ1n) is 6.07. The smallest absolute Gasteiger partial charge is 0.321 e. The van der Waals surface area contributed by atoms with Gasteiger partial charge in [0.25, 0.3) is 0 Å². The number of nitrogens with one attached hydrogen (secondary N) is 1. The van der Waals surface area contributed by atoms with E-state index in [-0.39, 0.29) is 32.3 Å². The van der Waals surface area contributed by atoms with Crippen LogP contribution in [-0.2, 0) is 6.42 Å². The van der Waals surface area contributed by atoms with Crippen LogP contribution in [0.5, 0.6) is 0 Å². The van der Waals surface area contributed by atoms with Crippen molar-refractivity contribution in [2.24, 2.45) is 0 Å². The summed E-state index contributed by atoms with van der Waals surface area (Å²) in [6.45, 7) is 2.22. The summed E-state index contributed by atoms with van der Waals surface area (Å²) in [7, 11) is 0. The van der Waals surface area contributed by atoms with Crippen LogP contribution < -0.4 is 5.32 Å². The molecule has 5 heteroatoms. The summed E-state index contributed by atoms with van der Waals surface area (Å²) in [5, 5.41) is 20.5. The third kappa shape index (κ3) is 4.35. The second kappa shape index (κ2) is 7.68. The van der Waals surface area contributed by atoms with Crippen LogP contribution in [0.1, 0.15) is 12.5 Å². The predicted octanol–water partition coefficient (Wildman–Crippen LogP) is 1.07. The standard InChI is InChI=1S/C13H20N2O3/c1-2-11-4-3-5-12(10-11)14-13(18)15(6-8-16)7-9-17/h3-5,10,16-17H,2,6-9H2,1H3,(H,14,18). The van der Waals surface area contributed by atoms with Crippen LogP contribution in [0.25, 0.3) is 0 Å². The maximum absolute atomic E-state index is 11.9. The van der Waals surface area contributed by atoms with Gasteiger partial charge in [0.2, 0.25) is 0 Å². The molecule has 1 rings (SSSR count). The highest BCUT2D eigenvalue weighted by atomic mass is 16.3. The molecule has 0 aliphatic rings. The minimum absolute atomic E-state index is 0.123. The maximum atomic E-state index is 11.9. The molecule has 0 aliphatic carbocycles. The number of amides is 2. The number of aliphatic hydroxyl groups is 2. The van der Waals surface area contributed by atoms with E-state index in [1.54, 1.807) is 0 Å². The molecule has 0 radical (unpaired) electrons. The molecule has 2 amide bonds. The molecular formula is C13H20N2O3. The summed E-state index contributed by atoms with van der Waals surface area (Å²) < 4.78 is 0. The van der Waals surface area contributed by atoms with Crippen molar-refractivity contribution in [1.29, 1.82) is 0 Å². The highest BCUT2D eigenvalue weighted by Gasteiger charge is 2.12. The maximum Gasteiger partial charge on any atom is 0.321 e. The average molecular weight is 252 g/mol. The molecule has 0 aliphatic heterocycles. The lowest BCUT2D eigenvalue weighted by atomic mass is 10.1. The fraction of sp³-hybridized carbons (Fsp3) is 0.462. The van der Waals surface area contributed by atoms with Gasteiger partial charge in [-0.05, 0) is 24.1 Å². The summed E-state index contributed by atoms with van der Waals surface area (Å²) in [6.07, 6.45) is 0.903. The van der Waals surface area contributed by atoms with Crippen LogP contribution >= 0.6 is 0 Å². The van der Waals surface area contributed by atoms with Gasteiger partial charge in [0.05, 0.1) is 13.2 Å². The number of carbonyl (C=O) groups excluding carboxylic acids is 1. The summed E-state index contributed by atoms with van der Waals surface area (Å²) >= 11 is 0.